The SMILES string of the molecule is Cn1ccnc1[C@H](NC(=O)C1CC=CC1)C1CC1. The summed E-state index contributed by atoms with van der Waals surface area (Å²) in [6.45, 7) is 0. The Labute approximate surface area is 107 Å². The lowest BCUT2D eigenvalue weighted by atomic mass is 10.0. The van der Waals surface area contributed by atoms with Crippen LogP contribution >= 0.6 is 0 Å². The van der Waals surface area contributed by atoms with Crippen LogP contribution in [0.5, 0.6) is 0 Å². The van der Waals surface area contributed by atoms with Gasteiger partial charge >= 0.3 is 0 Å². The monoisotopic (exact) mass is 245 g/mol. The standard InChI is InChI=1S/C14H19N3O/c1-17-9-8-15-13(17)12(10-6-7-10)16-14(18)11-4-2-3-5-11/h2-3,8-12H,4-7H2,1H3,(H,16,18)/t12-/m1/s1. The molecule has 0 aromatic carbocycles. The van der Waals surface area contributed by atoms with Crippen molar-refractivity contribution in [2.24, 2.45) is 18.9 Å². The molecule has 1 aromatic rings. The Morgan fingerprint density at radius 2 is 2.17 bits per heavy atom. The molecule has 1 aromatic heterocycles. The Bertz CT molecular complexity index is 465. The summed E-state index contributed by atoms with van der Waals surface area (Å²) in [5.74, 6) is 1.87. The summed E-state index contributed by atoms with van der Waals surface area (Å²) in [7, 11) is 1.99. The van der Waals surface area contributed by atoms with Crippen LogP contribution in [0, 0.1) is 11.8 Å². The average molecular weight is 245 g/mol. The number of hydrogen-bond donors (Lipinski definition) is 1. The van der Waals surface area contributed by atoms with Crippen LogP contribution in [-0.4, -0.2) is 15.5 Å². The number of allylic oxidation sites excluding steroid dienone is 2. The van der Waals surface area contributed by atoms with Gasteiger partial charge in [-0.05, 0) is 31.6 Å². The molecule has 1 atom stereocenters. The number of nitrogens with zero attached hydrogens (tertiary/aromatic N) is 2. The number of amides is 1. The molecule has 96 valence electrons. The van der Waals surface area contributed by atoms with Gasteiger partial charge in [0.1, 0.15) is 5.82 Å². The Hall–Kier alpha value is -1.58. The summed E-state index contributed by atoms with van der Waals surface area (Å²) in [5, 5.41) is 3.20. The quantitative estimate of drug-likeness (QED) is 0.824. The van der Waals surface area contributed by atoms with Crippen molar-refractivity contribution in [1.82, 2.24) is 14.9 Å². The molecule has 0 bridgehead atoms. The van der Waals surface area contributed by atoms with Gasteiger partial charge in [-0.3, -0.25) is 4.79 Å². The number of carbonyl (C=O) groups is 1. The average Bonchev–Trinajstić information content (AvgIpc) is 2.88. The van der Waals surface area contributed by atoms with E-state index in [0.717, 1.165) is 18.7 Å². The number of hydrogen-bond acceptors (Lipinski definition) is 2. The van der Waals surface area contributed by atoms with Gasteiger partial charge in [-0.15, -0.1) is 0 Å². The molecule has 3 rings (SSSR count). The molecule has 4 nitrogen and oxygen atoms in total. The van der Waals surface area contributed by atoms with Crippen LogP contribution < -0.4 is 5.32 Å². The summed E-state index contributed by atoms with van der Waals surface area (Å²) in [6.07, 6.45) is 12.1. The highest BCUT2D eigenvalue weighted by Gasteiger charge is 2.36. The number of imidazole rings is 1. The Balaban J connectivity index is 1.71. The fourth-order valence-electron chi connectivity index (χ4n) is 2.60. The van der Waals surface area contributed by atoms with E-state index in [2.05, 4.69) is 22.5 Å². The zero-order valence-electron chi connectivity index (χ0n) is 10.7. The lowest BCUT2D eigenvalue weighted by molar-refractivity contribution is -0.125. The first-order valence-electron chi connectivity index (χ1n) is 6.68. The van der Waals surface area contributed by atoms with Gasteiger partial charge in [-0.1, -0.05) is 12.2 Å². The largest absolute Gasteiger partial charge is 0.346 e. The van der Waals surface area contributed by atoms with Crippen molar-refractivity contribution in [3.8, 4) is 0 Å². The van der Waals surface area contributed by atoms with Crippen LogP contribution in [0.2, 0.25) is 0 Å². The summed E-state index contributed by atoms with van der Waals surface area (Å²) in [4.78, 5) is 16.6. The second-order valence-electron chi connectivity index (χ2n) is 5.36. The molecule has 18 heavy (non-hydrogen) atoms. The van der Waals surface area contributed by atoms with Gasteiger partial charge in [-0.2, -0.15) is 0 Å². The number of carbonyl (C=O) groups excluding carboxylic acids is 1. The normalized spacial score (nSPS) is 21.2. The molecule has 0 spiro atoms. The van der Waals surface area contributed by atoms with Crippen LogP contribution in [0.25, 0.3) is 0 Å². The lowest BCUT2D eigenvalue weighted by Gasteiger charge is -2.20. The van der Waals surface area contributed by atoms with Crippen molar-refractivity contribution in [1.29, 1.82) is 0 Å². The van der Waals surface area contributed by atoms with Gasteiger partial charge in [0, 0.05) is 25.4 Å². The van der Waals surface area contributed by atoms with E-state index >= 15 is 0 Å². The zero-order chi connectivity index (χ0) is 12.5. The minimum atomic E-state index is 0.0955. The maximum atomic E-state index is 12.2. The summed E-state index contributed by atoms with van der Waals surface area (Å²) in [5.41, 5.74) is 0. The van der Waals surface area contributed by atoms with Crippen molar-refractivity contribution in [3.63, 3.8) is 0 Å². The lowest BCUT2D eigenvalue weighted by Crippen LogP contribution is -2.35. The Morgan fingerprint density at radius 1 is 1.44 bits per heavy atom. The van der Waals surface area contributed by atoms with Gasteiger partial charge in [0.2, 0.25) is 5.91 Å². The molecule has 2 aliphatic rings. The molecule has 1 amide bonds. The van der Waals surface area contributed by atoms with Crippen LogP contribution in [0.3, 0.4) is 0 Å². The fourth-order valence-corrected chi connectivity index (χ4v) is 2.60. The van der Waals surface area contributed by atoms with Crippen LogP contribution in [0.15, 0.2) is 24.5 Å². The van der Waals surface area contributed by atoms with Gasteiger partial charge in [-0.25, -0.2) is 4.98 Å². The Morgan fingerprint density at radius 3 is 2.72 bits per heavy atom. The molecule has 2 aliphatic carbocycles. The predicted molar refractivity (Wildman–Crippen MR) is 68.7 cm³/mol. The highest BCUT2D eigenvalue weighted by molar-refractivity contribution is 5.79. The van der Waals surface area contributed by atoms with Crippen molar-refractivity contribution < 1.29 is 4.79 Å². The molecular weight excluding hydrogens is 226 g/mol. The fraction of sp³-hybridized carbons (Fsp3) is 0.571. The van der Waals surface area contributed by atoms with Crippen LogP contribution in [0.4, 0.5) is 0 Å². The molecule has 0 unspecified atom stereocenters. The summed E-state index contributed by atoms with van der Waals surface area (Å²) >= 11 is 0. The van der Waals surface area contributed by atoms with E-state index in [0.29, 0.717) is 5.92 Å². The van der Waals surface area contributed by atoms with Crippen molar-refractivity contribution >= 4 is 5.91 Å². The van der Waals surface area contributed by atoms with E-state index in [4.69, 9.17) is 0 Å². The number of nitrogens with one attached hydrogen (secondary N) is 1. The van der Waals surface area contributed by atoms with E-state index in [9.17, 15) is 4.79 Å². The van der Waals surface area contributed by atoms with Crippen molar-refractivity contribution in [3.05, 3.63) is 30.4 Å². The van der Waals surface area contributed by atoms with Gasteiger partial charge in [0.25, 0.3) is 0 Å². The highest BCUT2D eigenvalue weighted by atomic mass is 16.2. The van der Waals surface area contributed by atoms with E-state index in [1.165, 1.54) is 12.8 Å². The molecule has 1 N–H and O–H groups in total. The van der Waals surface area contributed by atoms with Crippen molar-refractivity contribution in [2.45, 2.75) is 31.7 Å². The van der Waals surface area contributed by atoms with Crippen LogP contribution in [0.1, 0.15) is 37.5 Å². The van der Waals surface area contributed by atoms with E-state index in [1.807, 2.05) is 17.8 Å². The third kappa shape index (κ3) is 2.19. The maximum Gasteiger partial charge on any atom is 0.224 e. The predicted octanol–water partition coefficient (Wildman–Crippen LogP) is 1.95. The second-order valence-corrected chi connectivity index (χ2v) is 5.36. The first kappa shape index (κ1) is 11.5. The number of aromatic nitrogens is 2. The topological polar surface area (TPSA) is 46.9 Å². The summed E-state index contributed by atoms with van der Waals surface area (Å²) < 4.78 is 2.01. The molecule has 1 heterocycles. The minimum absolute atomic E-state index is 0.0955. The highest BCUT2D eigenvalue weighted by Crippen LogP contribution is 2.40. The third-order valence-electron chi connectivity index (χ3n) is 3.91. The molecule has 1 fully saturated rings. The maximum absolute atomic E-state index is 12.2. The number of rotatable bonds is 4. The summed E-state index contributed by atoms with van der Waals surface area (Å²) in [6, 6.07) is 0.0955. The van der Waals surface area contributed by atoms with Gasteiger partial charge < -0.3 is 9.88 Å². The number of aryl methyl sites for hydroxylation is 1. The smallest absolute Gasteiger partial charge is 0.224 e. The van der Waals surface area contributed by atoms with Crippen molar-refractivity contribution in [2.75, 3.05) is 0 Å². The van der Waals surface area contributed by atoms with E-state index < -0.39 is 0 Å². The van der Waals surface area contributed by atoms with Gasteiger partial charge in [0.05, 0.1) is 6.04 Å². The van der Waals surface area contributed by atoms with Crippen LogP contribution in [-0.2, 0) is 11.8 Å². The Kier molecular flexibility index (Phi) is 2.94. The minimum Gasteiger partial charge on any atom is -0.346 e. The zero-order valence-corrected chi connectivity index (χ0v) is 10.7. The molecule has 0 saturated heterocycles. The molecule has 1 saturated carbocycles. The van der Waals surface area contributed by atoms with E-state index in [1.54, 1.807) is 6.20 Å². The first-order valence-corrected chi connectivity index (χ1v) is 6.68. The van der Waals surface area contributed by atoms with E-state index in [-0.39, 0.29) is 17.9 Å². The molecular formula is C14H19N3O. The third-order valence-corrected chi connectivity index (χ3v) is 3.91. The first-order chi connectivity index (χ1) is 8.75. The molecule has 0 radical (unpaired) electrons. The van der Waals surface area contributed by atoms with Gasteiger partial charge in [0.15, 0.2) is 0 Å². The molecule has 4 heteroatoms. The molecule has 0 aliphatic heterocycles. The second kappa shape index (κ2) is 4.59.